The molecule has 1 aromatic rings. The van der Waals surface area contributed by atoms with E-state index in [0.717, 1.165) is 12.0 Å². The van der Waals surface area contributed by atoms with Crippen LogP contribution in [0.2, 0.25) is 5.15 Å². The molecule has 8 heteroatoms. The van der Waals surface area contributed by atoms with Gasteiger partial charge >= 0.3 is 6.09 Å². The van der Waals surface area contributed by atoms with E-state index in [9.17, 15) is 4.79 Å². The maximum atomic E-state index is 12.4. The fourth-order valence-corrected chi connectivity index (χ4v) is 4.18. The Morgan fingerprint density at radius 1 is 1.52 bits per heavy atom. The summed E-state index contributed by atoms with van der Waals surface area (Å²) >= 11 is 12.6. The van der Waals surface area contributed by atoms with Crippen molar-refractivity contribution < 1.29 is 14.3 Å². The Morgan fingerprint density at radius 2 is 2.24 bits per heavy atom. The van der Waals surface area contributed by atoms with E-state index in [4.69, 9.17) is 33.3 Å². The van der Waals surface area contributed by atoms with E-state index < -0.39 is 5.60 Å². The van der Waals surface area contributed by atoms with Gasteiger partial charge in [0.05, 0.1) is 12.0 Å². The number of carbonyl (C=O) groups is 1. The Labute approximate surface area is 163 Å². The van der Waals surface area contributed by atoms with Gasteiger partial charge in [-0.15, -0.1) is 0 Å². The summed E-state index contributed by atoms with van der Waals surface area (Å²) < 4.78 is 11.3. The van der Waals surface area contributed by atoms with Gasteiger partial charge in [0.15, 0.2) is 0 Å². The molecule has 25 heavy (non-hydrogen) atoms. The third-order valence-corrected chi connectivity index (χ3v) is 5.34. The fourth-order valence-electron chi connectivity index (χ4n) is 2.51. The third kappa shape index (κ3) is 6.01. The van der Waals surface area contributed by atoms with Crippen LogP contribution in [0.15, 0.2) is 18.3 Å². The highest BCUT2D eigenvalue weighted by Gasteiger charge is 2.45. The average molecular weight is 403 g/mol. The molecular weight excluding hydrogens is 380 g/mol. The van der Waals surface area contributed by atoms with Crippen molar-refractivity contribution in [3.63, 3.8) is 0 Å². The maximum Gasteiger partial charge on any atom is 0.411 e. The molecule has 1 amide bonds. The molecule has 0 radical (unpaired) electrons. The fraction of sp³-hybridized carbons (Fsp3) is 0.588. The number of carbonyl (C=O) groups excluding carboxylic acids is 1. The first kappa shape index (κ1) is 20.3. The molecule has 1 aliphatic heterocycles. The zero-order chi connectivity index (χ0) is 18.6. The van der Waals surface area contributed by atoms with E-state index in [-0.39, 0.29) is 17.4 Å². The van der Waals surface area contributed by atoms with Gasteiger partial charge in [0.2, 0.25) is 4.38 Å². The van der Waals surface area contributed by atoms with Gasteiger partial charge in [-0.1, -0.05) is 23.4 Å². The molecule has 0 N–H and O–H groups in total. The van der Waals surface area contributed by atoms with Crippen LogP contribution < -0.4 is 0 Å². The van der Waals surface area contributed by atoms with E-state index in [1.165, 1.54) is 11.8 Å². The van der Waals surface area contributed by atoms with Crippen LogP contribution in [0.25, 0.3) is 0 Å². The predicted octanol–water partition coefficient (Wildman–Crippen LogP) is 4.53. The van der Waals surface area contributed by atoms with Crippen molar-refractivity contribution in [1.29, 1.82) is 0 Å². The van der Waals surface area contributed by atoms with Crippen LogP contribution >= 0.6 is 35.6 Å². The van der Waals surface area contributed by atoms with Gasteiger partial charge in [0.25, 0.3) is 0 Å². The largest absolute Gasteiger partial charge is 0.479 e. The van der Waals surface area contributed by atoms with E-state index in [1.54, 1.807) is 11.1 Å². The molecule has 0 aromatic carbocycles. The first-order chi connectivity index (χ1) is 11.7. The average Bonchev–Trinajstić information content (AvgIpc) is 2.47. The lowest BCUT2D eigenvalue weighted by Gasteiger charge is -2.47. The van der Waals surface area contributed by atoms with Crippen LogP contribution in [0.1, 0.15) is 33.3 Å². The molecule has 1 aliphatic rings. The second-order valence-electron chi connectivity index (χ2n) is 6.78. The smallest absolute Gasteiger partial charge is 0.411 e. The van der Waals surface area contributed by atoms with E-state index >= 15 is 0 Å². The summed E-state index contributed by atoms with van der Waals surface area (Å²) in [5, 5.41) is 0.357. The zero-order valence-electron chi connectivity index (χ0n) is 14.8. The molecule has 0 aliphatic carbocycles. The van der Waals surface area contributed by atoms with E-state index in [1.807, 2.05) is 39.8 Å². The number of amides is 1. The maximum absolute atomic E-state index is 12.4. The Hall–Kier alpha value is -1.05. The molecule has 1 saturated heterocycles. The second-order valence-corrected chi connectivity index (χ2v) is 8.88. The number of aromatic nitrogens is 1. The summed E-state index contributed by atoms with van der Waals surface area (Å²) in [7, 11) is 0. The van der Waals surface area contributed by atoms with Crippen LogP contribution in [-0.4, -0.2) is 44.5 Å². The monoisotopic (exact) mass is 402 g/mol. The molecular formula is C17H23ClN2O3S2. The summed E-state index contributed by atoms with van der Waals surface area (Å²) in [4.78, 5) is 18.1. The quantitative estimate of drug-likeness (QED) is 0.545. The minimum Gasteiger partial charge on any atom is -0.479 e. The van der Waals surface area contributed by atoms with Crippen LogP contribution in [0.5, 0.6) is 0 Å². The van der Waals surface area contributed by atoms with Crippen molar-refractivity contribution in [3.8, 4) is 0 Å². The van der Waals surface area contributed by atoms with Gasteiger partial charge < -0.3 is 9.47 Å². The SMILES string of the molecule is CCOC(=S)S[C@@H]1[C@@H](Cc2ccnc(Cl)c2)CN1C(=O)OC(C)(C)C. The molecule has 2 atom stereocenters. The minimum absolute atomic E-state index is 0.110. The number of rotatable bonds is 4. The first-order valence-corrected chi connectivity index (χ1v) is 9.79. The highest BCUT2D eigenvalue weighted by Crippen LogP contribution is 2.38. The van der Waals surface area contributed by atoms with Crippen LogP contribution in [0.4, 0.5) is 4.79 Å². The van der Waals surface area contributed by atoms with Crippen LogP contribution in [0.3, 0.4) is 0 Å². The van der Waals surface area contributed by atoms with Crippen molar-refractivity contribution in [2.24, 2.45) is 5.92 Å². The summed E-state index contributed by atoms with van der Waals surface area (Å²) in [6, 6.07) is 3.78. The molecule has 0 spiro atoms. The minimum atomic E-state index is -0.531. The highest BCUT2D eigenvalue weighted by atomic mass is 35.5. The van der Waals surface area contributed by atoms with Gasteiger partial charge in [-0.05, 0) is 64.0 Å². The van der Waals surface area contributed by atoms with Gasteiger partial charge in [0, 0.05) is 18.7 Å². The predicted molar refractivity (Wildman–Crippen MR) is 105 cm³/mol. The summed E-state index contributed by atoms with van der Waals surface area (Å²) in [6.07, 6.45) is 2.15. The number of nitrogens with zero attached hydrogens (tertiary/aromatic N) is 2. The zero-order valence-corrected chi connectivity index (χ0v) is 17.2. The summed E-state index contributed by atoms with van der Waals surface area (Å²) in [6.45, 7) is 8.57. The van der Waals surface area contributed by atoms with Gasteiger partial charge in [-0.25, -0.2) is 9.78 Å². The van der Waals surface area contributed by atoms with Gasteiger partial charge in [0.1, 0.15) is 10.8 Å². The molecule has 138 valence electrons. The lowest BCUT2D eigenvalue weighted by molar-refractivity contribution is -0.00806. The molecule has 0 saturated carbocycles. The highest BCUT2D eigenvalue weighted by molar-refractivity contribution is 8.23. The van der Waals surface area contributed by atoms with Crippen molar-refractivity contribution in [1.82, 2.24) is 9.88 Å². The normalized spacial score (nSPS) is 20.0. The van der Waals surface area contributed by atoms with Crippen LogP contribution in [-0.2, 0) is 15.9 Å². The van der Waals surface area contributed by atoms with Gasteiger partial charge in [-0.3, -0.25) is 4.90 Å². The van der Waals surface area contributed by atoms with Crippen molar-refractivity contribution >= 4 is 46.1 Å². The van der Waals surface area contributed by atoms with Crippen molar-refractivity contribution in [2.75, 3.05) is 13.2 Å². The Balaban J connectivity index is 2.06. The van der Waals surface area contributed by atoms with Gasteiger partial charge in [-0.2, -0.15) is 0 Å². The van der Waals surface area contributed by atoms with E-state index in [2.05, 4.69) is 4.98 Å². The number of thioether (sulfide) groups is 1. The Bertz CT molecular complexity index is 637. The lowest BCUT2D eigenvalue weighted by atomic mass is 9.92. The van der Waals surface area contributed by atoms with Crippen molar-refractivity contribution in [2.45, 2.75) is 45.1 Å². The molecule has 5 nitrogen and oxygen atoms in total. The molecule has 1 fully saturated rings. The number of hydrogen-bond acceptors (Lipinski definition) is 6. The van der Waals surface area contributed by atoms with E-state index in [0.29, 0.717) is 22.7 Å². The number of hydrogen-bond donors (Lipinski definition) is 0. The Morgan fingerprint density at radius 3 is 2.84 bits per heavy atom. The standard InChI is InChI=1S/C17H23ClN2O3S2/c1-5-22-16(24)25-14-12(8-11-6-7-19-13(18)9-11)10-20(14)15(21)23-17(2,3)4/h6-7,9,12,14H,5,8,10H2,1-4H3/t12-,14+/m0/s1. The Kier molecular flexibility index (Phi) is 6.93. The molecule has 0 bridgehead atoms. The third-order valence-electron chi connectivity index (χ3n) is 3.54. The number of pyridine rings is 1. The molecule has 1 aromatic heterocycles. The number of thiocarbonyl (C=S) groups is 1. The summed E-state index contributed by atoms with van der Waals surface area (Å²) in [5.74, 6) is 0.245. The topological polar surface area (TPSA) is 51.7 Å². The first-order valence-electron chi connectivity index (χ1n) is 8.13. The molecule has 2 heterocycles. The number of halogens is 1. The van der Waals surface area contributed by atoms with Crippen LogP contribution in [0, 0.1) is 5.92 Å². The second kappa shape index (κ2) is 8.56. The summed E-state index contributed by atoms with van der Waals surface area (Å²) in [5.41, 5.74) is 0.554. The molecule has 2 rings (SSSR count). The number of ether oxygens (including phenoxy) is 2. The lowest BCUT2D eigenvalue weighted by Crippen LogP contribution is -2.59. The van der Waals surface area contributed by atoms with Crippen molar-refractivity contribution in [3.05, 3.63) is 29.0 Å². The number of likely N-dealkylation sites (tertiary alicyclic amines) is 1. The molecule has 0 unspecified atom stereocenters.